The normalized spacial score (nSPS) is 43.6. The van der Waals surface area contributed by atoms with Gasteiger partial charge in [-0.05, 0) is 30.6 Å². The Morgan fingerprint density at radius 2 is 1.95 bits per heavy atom. The fourth-order valence-electron chi connectivity index (χ4n) is 3.51. The molecule has 1 heterocycles. The molecule has 0 bridgehead atoms. The lowest BCUT2D eigenvalue weighted by atomic mass is 9.75. The van der Waals surface area contributed by atoms with Gasteiger partial charge in [-0.1, -0.05) is 27.2 Å². The van der Waals surface area contributed by atoms with E-state index in [0.29, 0.717) is 17.8 Å². The Morgan fingerprint density at radius 1 is 1.27 bits per heavy atom. The van der Waals surface area contributed by atoms with Gasteiger partial charge in [0.1, 0.15) is 12.2 Å². The van der Waals surface area contributed by atoms with Crippen molar-refractivity contribution in [1.82, 2.24) is 0 Å². The molecular formula is C16H28O6. The molecule has 0 aromatic heterocycles. The molecule has 0 amide bonds. The van der Waals surface area contributed by atoms with E-state index in [9.17, 15) is 20.1 Å². The maximum absolute atomic E-state index is 11.9. The van der Waals surface area contributed by atoms with Gasteiger partial charge in [0.05, 0.1) is 12.7 Å². The molecule has 0 aromatic carbocycles. The topological polar surface area (TPSA) is 96.2 Å². The highest BCUT2D eigenvalue weighted by atomic mass is 16.7. The van der Waals surface area contributed by atoms with Crippen LogP contribution in [0.1, 0.15) is 40.0 Å². The predicted octanol–water partition coefficient (Wildman–Crippen LogP) is 0.472. The number of hydrogen-bond donors (Lipinski definition) is 3. The number of carbonyl (C=O) groups is 1. The van der Waals surface area contributed by atoms with Gasteiger partial charge in [-0.3, -0.25) is 4.79 Å². The zero-order valence-corrected chi connectivity index (χ0v) is 13.5. The van der Waals surface area contributed by atoms with E-state index < -0.39 is 37.0 Å². The van der Waals surface area contributed by atoms with Crippen molar-refractivity contribution in [2.24, 2.45) is 17.8 Å². The summed E-state index contributed by atoms with van der Waals surface area (Å²) >= 11 is 0. The van der Waals surface area contributed by atoms with Crippen molar-refractivity contribution in [1.29, 1.82) is 0 Å². The number of aliphatic hydroxyl groups excluding tert-OH is 3. The molecular weight excluding hydrogens is 288 g/mol. The molecule has 2 aliphatic rings. The Morgan fingerprint density at radius 3 is 2.55 bits per heavy atom. The van der Waals surface area contributed by atoms with E-state index in [2.05, 4.69) is 20.8 Å². The Hall–Kier alpha value is -0.530. The highest BCUT2D eigenvalue weighted by Crippen LogP contribution is 2.36. The summed E-state index contributed by atoms with van der Waals surface area (Å²) in [6, 6.07) is 0. The molecule has 1 saturated heterocycles. The van der Waals surface area contributed by atoms with Gasteiger partial charge in [0, 0.05) is 0 Å². The van der Waals surface area contributed by atoms with Gasteiger partial charge in [0.25, 0.3) is 0 Å². The predicted molar refractivity (Wildman–Crippen MR) is 79.0 cm³/mol. The molecule has 22 heavy (non-hydrogen) atoms. The first-order valence-electron chi connectivity index (χ1n) is 8.16. The summed E-state index contributed by atoms with van der Waals surface area (Å²) in [4.78, 5) is 11.9. The quantitative estimate of drug-likeness (QED) is 0.698. The number of ether oxygens (including phenoxy) is 2. The minimum atomic E-state index is -1.51. The fraction of sp³-hybridized carbons (Fsp3) is 0.938. The van der Waals surface area contributed by atoms with Crippen LogP contribution >= 0.6 is 0 Å². The van der Waals surface area contributed by atoms with Crippen molar-refractivity contribution in [3.63, 3.8) is 0 Å². The summed E-state index contributed by atoms with van der Waals surface area (Å²) in [5.41, 5.74) is 0. The van der Waals surface area contributed by atoms with E-state index in [-0.39, 0.29) is 6.10 Å². The van der Waals surface area contributed by atoms with Gasteiger partial charge in [0.15, 0.2) is 18.2 Å². The molecule has 6 nitrogen and oxygen atoms in total. The Kier molecular flexibility index (Phi) is 5.96. The van der Waals surface area contributed by atoms with E-state index >= 15 is 0 Å². The molecule has 7 atom stereocenters. The van der Waals surface area contributed by atoms with Gasteiger partial charge in [-0.2, -0.15) is 0 Å². The van der Waals surface area contributed by atoms with Crippen LogP contribution in [0.2, 0.25) is 0 Å². The maximum Gasteiger partial charge on any atom is 0.197 e. The molecule has 0 spiro atoms. The molecule has 128 valence electrons. The van der Waals surface area contributed by atoms with Crippen LogP contribution in [0.15, 0.2) is 0 Å². The summed E-state index contributed by atoms with van der Waals surface area (Å²) in [6.07, 6.45) is -2.22. The zero-order valence-electron chi connectivity index (χ0n) is 13.5. The third-order valence-electron chi connectivity index (χ3n) is 4.95. The minimum Gasteiger partial charge on any atom is -0.394 e. The van der Waals surface area contributed by atoms with Crippen LogP contribution in [0.4, 0.5) is 0 Å². The minimum absolute atomic E-state index is 0.0919. The van der Waals surface area contributed by atoms with Gasteiger partial charge < -0.3 is 24.8 Å². The van der Waals surface area contributed by atoms with Crippen molar-refractivity contribution in [3.05, 3.63) is 0 Å². The molecule has 2 rings (SSSR count). The van der Waals surface area contributed by atoms with E-state index in [0.717, 1.165) is 19.3 Å². The lowest BCUT2D eigenvalue weighted by Crippen LogP contribution is -2.58. The van der Waals surface area contributed by atoms with Crippen molar-refractivity contribution < 1.29 is 29.6 Å². The first kappa shape index (κ1) is 17.8. The average Bonchev–Trinajstić information content (AvgIpc) is 2.47. The second-order valence-electron chi connectivity index (χ2n) is 7.02. The Labute approximate surface area is 131 Å². The summed E-state index contributed by atoms with van der Waals surface area (Å²) < 4.78 is 11.3. The number of Topliss-reactive ketones (excluding diaryl/α,β-unsaturated/α-hetero) is 1. The molecule has 6 heteroatoms. The molecule has 0 radical (unpaired) electrons. The van der Waals surface area contributed by atoms with Crippen molar-refractivity contribution in [3.8, 4) is 0 Å². The van der Waals surface area contributed by atoms with Crippen LogP contribution in [-0.2, 0) is 14.3 Å². The number of aliphatic hydroxyl groups is 3. The Balaban J connectivity index is 2.07. The summed E-state index contributed by atoms with van der Waals surface area (Å²) in [6.45, 7) is 5.95. The van der Waals surface area contributed by atoms with E-state index in [1.807, 2.05) is 0 Å². The largest absolute Gasteiger partial charge is 0.394 e. The van der Waals surface area contributed by atoms with Crippen molar-refractivity contribution in [2.45, 2.75) is 70.7 Å². The standard InChI is InChI=1S/C16H28O6/c1-8(2)10-5-4-9(3)6-11(10)21-16-15(20)14(19)13(18)12(7-17)22-16/h8-13,15-18,20H,4-7H2,1-3H3/t9-,10+,11?,12?,13-,15-,16-/m1/s1. The summed E-state index contributed by atoms with van der Waals surface area (Å²) in [5.74, 6) is 0.561. The maximum atomic E-state index is 11.9. The van der Waals surface area contributed by atoms with Crippen LogP contribution in [0.25, 0.3) is 0 Å². The second kappa shape index (κ2) is 7.36. The molecule has 2 unspecified atom stereocenters. The van der Waals surface area contributed by atoms with E-state index in [1.54, 1.807) is 0 Å². The lowest BCUT2D eigenvalue weighted by Gasteiger charge is -2.42. The first-order chi connectivity index (χ1) is 10.3. The van der Waals surface area contributed by atoms with Gasteiger partial charge in [-0.25, -0.2) is 0 Å². The lowest BCUT2D eigenvalue weighted by molar-refractivity contribution is -0.278. The van der Waals surface area contributed by atoms with Crippen molar-refractivity contribution >= 4 is 5.78 Å². The third-order valence-corrected chi connectivity index (χ3v) is 4.95. The average molecular weight is 316 g/mol. The highest BCUT2D eigenvalue weighted by molar-refractivity contribution is 5.88. The number of hydrogen-bond acceptors (Lipinski definition) is 6. The van der Waals surface area contributed by atoms with Gasteiger partial charge in [0.2, 0.25) is 0 Å². The van der Waals surface area contributed by atoms with Crippen LogP contribution in [0.5, 0.6) is 0 Å². The molecule has 3 N–H and O–H groups in total. The van der Waals surface area contributed by atoms with Crippen LogP contribution < -0.4 is 0 Å². The number of ketones is 1. The summed E-state index contributed by atoms with van der Waals surface area (Å²) in [5, 5.41) is 28.9. The Bertz CT molecular complexity index is 385. The SMILES string of the molecule is CC(C)[C@@H]1CC[C@@H](C)CC1O[C@@H]1OC(CO)[C@@H](O)C(=O)[C@H]1O. The summed E-state index contributed by atoms with van der Waals surface area (Å²) in [7, 11) is 0. The second-order valence-corrected chi connectivity index (χ2v) is 7.02. The molecule has 1 aliphatic carbocycles. The van der Waals surface area contributed by atoms with E-state index in [4.69, 9.17) is 9.47 Å². The molecule has 2 fully saturated rings. The van der Waals surface area contributed by atoms with Crippen LogP contribution in [0, 0.1) is 17.8 Å². The highest BCUT2D eigenvalue weighted by Gasteiger charge is 2.45. The molecule has 1 aliphatic heterocycles. The van der Waals surface area contributed by atoms with Gasteiger partial charge >= 0.3 is 0 Å². The fourth-order valence-corrected chi connectivity index (χ4v) is 3.51. The zero-order chi connectivity index (χ0) is 16.4. The molecule has 0 aromatic rings. The number of carbonyl (C=O) groups excluding carboxylic acids is 1. The molecule has 1 saturated carbocycles. The third kappa shape index (κ3) is 3.68. The van der Waals surface area contributed by atoms with E-state index in [1.165, 1.54) is 0 Å². The van der Waals surface area contributed by atoms with Crippen molar-refractivity contribution in [2.75, 3.05) is 6.61 Å². The van der Waals surface area contributed by atoms with Crippen LogP contribution in [-0.4, -0.2) is 58.4 Å². The first-order valence-corrected chi connectivity index (χ1v) is 8.16. The van der Waals surface area contributed by atoms with Gasteiger partial charge in [-0.15, -0.1) is 0 Å². The smallest absolute Gasteiger partial charge is 0.197 e. The monoisotopic (exact) mass is 316 g/mol. The number of rotatable bonds is 4. The van der Waals surface area contributed by atoms with Crippen LogP contribution in [0.3, 0.4) is 0 Å².